The third kappa shape index (κ3) is 4.20. The van der Waals surface area contributed by atoms with E-state index in [0.717, 1.165) is 44.7 Å². The minimum atomic E-state index is 0.199. The van der Waals surface area contributed by atoms with Crippen LogP contribution in [-0.2, 0) is 4.79 Å². The Morgan fingerprint density at radius 1 is 1.21 bits per heavy atom. The number of nitrogens with zero attached hydrogens (tertiary/aromatic N) is 1. The average molecular weight is 266 g/mol. The van der Waals surface area contributed by atoms with Gasteiger partial charge in [-0.25, -0.2) is 0 Å². The normalized spacial score (nSPS) is 27.3. The number of piperidine rings is 1. The molecule has 0 aromatic rings. The molecule has 3 heteroatoms. The van der Waals surface area contributed by atoms with Crippen LogP contribution in [-0.4, -0.2) is 29.9 Å². The average Bonchev–Trinajstić information content (AvgIpc) is 2.45. The Labute approximate surface area is 117 Å². The zero-order chi connectivity index (χ0) is 13.7. The molecule has 1 saturated carbocycles. The SMILES string of the molecule is CCC(CC1CCCCC1)C(=O)N1CCCC(N)C1. The van der Waals surface area contributed by atoms with Gasteiger partial charge in [0.05, 0.1) is 0 Å². The molecule has 3 nitrogen and oxygen atoms in total. The number of likely N-dealkylation sites (tertiary alicyclic amines) is 1. The summed E-state index contributed by atoms with van der Waals surface area (Å²) in [4.78, 5) is 14.7. The van der Waals surface area contributed by atoms with Crippen molar-refractivity contribution in [2.75, 3.05) is 13.1 Å². The van der Waals surface area contributed by atoms with Gasteiger partial charge in [0.2, 0.25) is 5.91 Å². The highest BCUT2D eigenvalue weighted by Gasteiger charge is 2.29. The first kappa shape index (κ1) is 14.8. The Balaban J connectivity index is 1.86. The largest absolute Gasteiger partial charge is 0.341 e. The van der Waals surface area contributed by atoms with Gasteiger partial charge < -0.3 is 10.6 Å². The lowest BCUT2D eigenvalue weighted by Crippen LogP contribution is -2.48. The molecule has 2 atom stereocenters. The summed E-state index contributed by atoms with van der Waals surface area (Å²) >= 11 is 0. The second-order valence-corrected chi connectivity index (χ2v) is 6.53. The smallest absolute Gasteiger partial charge is 0.225 e. The van der Waals surface area contributed by atoms with Crippen molar-refractivity contribution in [2.24, 2.45) is 17.6 Å². The van der Waals surface area contributed by atoms with Gasteiger partial charge in [-0.3, -0.25) is 4.79 Å². The number of carbonyl (C=O) groups is 1. The maximum absolute atomic E-state index is 12.6. The Hall–Kier alpha value is -0.570. The molecule has 2 fully saturated rings. The predicted molar refractivity (Wildman–Crippen MR) is 78.8 cm³/mol. The van der Waals surface area contributed by atoms with E-state index in [1.165, 1.54) is 32.1 Å². The van der Waals surface area contributed by atoms with Gasteiger partial charge in [-0.05, 0) is 31.6 Å². The maximum Gasteiger partial charge on any atom is 0.225 e. The van der Waals surface area contributed by atoms with Crippen molar-refractivity contribution in [2.45, 2.75) is 70.8 Å². The van der Waals surface area contributed by atoms with Crippen LogP contribution in [0.1, 0.15) is 64.7 Å². The van der Waals surface area contributed by atoms with Gasteiger partial charge in [0.1, 0.15) is 0 Å². The molecule has 0 aromatic carbocycles. The van der Waals surface area contributed by atoms with Crippen LogP contribution in [0.15, 0.2) is 0 Å². The lowest BCUT2D eigenvalue weighted by atomic mass is 9.81. The van der Waals surface area contributed by atoms with Crippen LogP contribution in [0.25, 0.3) is 0 Å². The minimum absolute atomic E-state index is 0.199. The summed E-state index contributed by atoms with van der Waals surface area (Å²) in [5.74, 6) is 1.41. The molecule has 1 saturated heterocycles. The summed E-state index contributed by atoms with van der Waals surface area (Å²) in [5, 5.41) is 0. The van der Waals surface area contributed by atoms with Gasteiger partial charge in [-0.15, -0.1) is 0 Å². The molecule has 110 valence electrons. The van der Waals surface area contributed by atoms with Crippen LogP contribution in [0.3, 0.4) is 0 Å². The van der Waals surface area contributed by atoms with E-state index in [4.69, 9.17) is 5.73 Å². The first-order valence-electron chi connectivity index (χ1n) is 8.25. The topological polar surface area (TPSA) is 46.3 Å². The number of nitrogens with two attached hydrogens (primary N) is 1. The highest BCUT2D eigenvalue weighted by molar-refractivity contribution is 5.79. The number of rotatable bonds is 4. The highest BCUT2D eigenvalue weighted by atomic mass is 16.2. The van der Waals surface area contributed by atoms with E-state index in [1.54, 1.807) is 0 Å². The van der Waals surface area contributed by atoms with Crippen molar-refractivity contribution >= 4 is 5.91 Å². The van der Waals surface area contributed by atoms with Gasteiger partial charge in [0.25, 0.3) is 0 Å². The summed E-state index contributed by atoms with van der Waals surface area (Å²) in [6.07, 6.45) is 11.0. The fourth-order valence-corrected chi connectivity index (χ4v) is 3.74. The highest BCUT2D eigenvalue weighted by Crippen LogP contribution is 2.31. The van der Waals surface area contributed by atoms with Gasteiger partial charge in [0, 0.05) is 25.0 Å². The van der Waals surface area contributed by atoms with E-state index in [-0.39, 0.29) is 12.0 Å². The molecule has 2 unspecified atom stereocenters. The molecule has 0 bridgehead atoms. The van der Waals surface area contributed by atoms with Crippen molar-refractivity contribution in [3.8, 4) is 0 Å². The third-order valence-corrected chi connectivity index (χ3v) is 4.95. The summed E-state index contributed by atoms with van der Waals surface area (Å²) in [5.41, 5.74) is 5.99. The Kier molecular flexibility index (Phi) is 5.68. The Morgan fingerprint density at radius 2 is 1.95 bits per heavy atom. The number of hydrogen-bond donors (Lipinski definition) is 1. The second kappa shape index (κ2) is 7.28. The van der Waals surface area contributed by atoms with Crippen LogP contribution in [0.4, 0.5) is 0 Å². The fraction of sp³-hybridized carbons (Fsp3) is 0.938. The molecule has 0 aromatic heterocycles. The van der Waals surface area contributed by atoms with Gasteiger partial charge >= 0.3 is 0 Å². The lowest BCUT2D eigenvalue weighted by molar-refractivity contribution is -0.137. The maximum atomic E-state index is 12.6. The van der Waals surface area contributed by atoms with E-state index in [9.17, 15) is 4.79 Å². The lowest BCUT2D eigenvalue weighted by Gasteiger charge is -2.34. The molecule has 19 heavy (non-hydrogen) atoms. The van der Waals surface area contributed by atoms with Gasteiger partial charge in [0.15, 0.2) is 0 Å². The zero-order valence-corrected chi connectivity index (χ0v) is 12.4. The molecule has 1 heterocycles. The van der Waals surface area contributed by atoms with E-state index in [1.807, 2.05) is 4.90 Å². The fourth-order valence-electron chi connectivity index (χ4n) is 3.74. The quantitative estimate of drug-likeness (QED) is 0.850. The van der Waals surface area contributed by atoms with Gasteiger partial charge in [-0.2, -0.15) is 0 Å². The first-order valence-corrected chi connectivity index (χ1v) is 8.25. The summed E-state index contributed by atoms with van der Waals surface area (Å²) < 4.78 is 0. The molecule has 2 aliphatic rings. The molecule has 2 rings (SSSR count). The zero-order valence-electron chi connectivity index (χ0n) is 12.4. The molecule has 1 amide bonds. The Bertz CT molecular complexity index is 286. The van der Waals surface area contributed by atoms with Crippen molar-refractivity contribution in [1.29, 1.82) is 0 Å². The van der Waals surface area contributed by atoms with Crippen molar-refractivity contribution < 1.29 is 4.79 Å². The second-order valence-electron chi connectivity index (χ2n) is 6.53. The number of carbonyl (C=O) groups excluding carboxylic acids is 1. The summed E-state index contributed by atoms with van der Waals surface area (Å²) in [7, 11) is 0. The van der Waals surface area contributed by atoms with Crippen molar-refractivity contribution in [1.82, 2.24) is 4.90 Å². The number of amides is 1. The third-order valence-electron chi connectivity index (χ3n) is 4.95. The van der Waals surface area contributed by atoms with E-state index >= 15 is 0 Å². The first-order chi connectivity index (χ1) is 9.20. The van der Waals surface area contributed by atoms with E-state index < -0.39 is 0 Å². The van der Waals surface area contributed by atoms with Crippen molar-refractivity contribution in [3.63, 3.8) is 0 Å². The van der Waals surface area contributed by atoms with Crippen LogP contribution in [0.2, 0.25) is 0 Å². The molecular formula is C16H30N2O. The van der Waals surface area contributed by atoms with Gasteiger partial charge in [-0.1, -0.05) is 39.0 Å². The van der Waals surface area contributed by atoms with Crippen molar-refractivity contribution in [3.05, 3.63) is 0 Å². The molecule has 0 radical (unpaired) electrons. The van der Waals surface area contributed by atoms with Crippen LogP contribution >= 0.6 is 0 Å². The summed E-state index contributed by atoms with van der Waals surface area (Å²) in [6.45, 7) is 3.86. The number of hydrogen-bond acceptors (Lipinski definition) is 2. The summed E-state index contributed by atoms with van der Waals surface area (Å²) in [6, 6.07) is 0.199. The van der Waals surface area contributed by atoms with E-state index in [2.05, 4.69) is 6.92 Å². The molecule has 2 N–H and O–H groups in total. The van der Waals surface area contributed by atoms with Crippen LogP contribution in [0, 0.1) is 11.8 Å². The molecule has 0 spiro atoms. The molecular weight excluding hydrogens is 236 g/mol. The minimum Gasteiger partial charge on any atom is -0.341 e. The molecule has 1 aliphatic carbocycles. The Morgan fingerprint density at radius 3 is 2.58 bits per heavy atom. The predicted octanol–water partition coefficient (Wildman–Crippen LogP) is 2.93. The van der Waals surface area contributed by atoms with Crippen LogP contribution < -0.4 is 5.73 Å². The standard InChI is InChI=1S/C16H30N2O/c1-2-14(11-13-7-4-3-5-8-13)16(19)18-10-6-9-15(17)12-18/h13-15H,2-12,17H2,1H3. The van der Waals surface area contributed by atoms with E-state index in [0.29, 0.717) is 5.91 Å². The monoisotopic (exact) mass is 266 g/mol. The molecule has 1 aliphatic heterocycles. The van der Waals surface area contributed by atoms with Crippen LogP contribution in [0.5, 0.6) is 0 Å².